The Hall–Kier alpha value is -4.64. The number of esters is 1. The summed E-state index contributed by atoms with van der Waals surface area (Å²) < 4.78 is 44.7. The maximum atomic E-state index is 12.1. The molecule has 60 heavy (non-hydrogen) atoms. The molecule has 0 aromatic heterocycles. The summed E-state index contributed by atoms with van der Waals surface area (Å²) in [6.07, 6.45) is -26.2. The molecule has 5 aliphatic rings. The van der Waals surface area contributed by atoms with Gasteiger partial charge in [-0.15, -0.1) is 0 Å². The van der Waals surface area contributed by atoms with Gasteiger partial charge in [0.1, 0.15) is 104 Å². The Morgan fingerprint density at radius 1 is 0.683 bits per heavy atom. The van der Waals surface area contributed by atoms with Crippen LogP contribution in [0.1, 0.15) is 12.0 Å². The molecule has 16 unspecified atom stereocenters. The normalized spacial score (nSPS) is 38.1. The molecule has 332 valence electrons. The maximum Gasteiger partial charge on any atom is 0.317 e. The molecule has 0 amide bonds. The van der Waals surface area contributed by atoms with Gasteiger partial charge >= 0.3 is 11.9 Å². The van der Waals surface area contributed by atoms with Crippen LogP contribution in [0, 0.1) is 0 Å². The van der Waals surface area contributed by atoms with Crippen LogP contribution < -0.4 is 4.74 Å². The standard InChI is InChI=1S/C36H44O24/c37-8-19-24(45)27(48)29(50)34(57-19)55-16-2-1-11(3-15(16)41)32-18(6-13-14(40)4-12(39)5-17(13)54-32)56-36-31(52)33(26(47)21(59-36)10-53-23(44)7-22(42)43)60-35-30(51)28(49)25(46)20(9-38)58-35/h1-6,17,19-21,24-31,33-41,45-52H,7-10H2,(H,42,43). The highest BCUT2D eigenvalue weighted by Crippen LogP contribution is 2.41. The first kappa shape index (κ1) is 44.9. The van der Waals surface area contributed by atoms with Gasteiger partial charge in [0.15, 0.2) is 29.3 Å². The van der Waals surface area contributed by atoms with E-state index in [2.05, 4.69) is 0 Å². The summed E-state index contributed by atoms with van der Waals surface area (Å²) >= 11 is 0. The van der Waals surface area contributed by atoms with Crippen molar-refractivity contribution < 1.29 is 119 Å². The van der Waals surface area contributed by atoms with Gasteiger partial charge in [-0.25, -0.2) is 0 Å². The van der Waals surface area contributed by atoms with Crippen molar-refractivity contribution in [2.75, 3.05) is 19.8 Å². The second-order valence-corrected chi connectivity index (χ2v) is 14.1. The number of ether oxygens (including phenoxy) is 8. The topological polar surface area (TPSA) is 391 Å². The number of carboxylic acid groups (broad SMARTS) is 1. The molecule has 0 saturated carbocycles. The zero-order valence-electron chi connectivity index (χ0n) is 30.9. The van der Waals surface area contributed by atoms with Crippen molar-refractivity contribution in [1.82, 2.24) is 0 Å². The number of aromatic hydroxyl groups is 1. The number of hydrogen-bond acceptors (Lipinski definition) is 23. The highest BCUT2D eigenvalue weighted by molar-refractivity contribution is 5.90. The Morgan fingerprint density at radius 2 is 1.28 bits per heavy atom. The van der Waals surface area contributed by atoms with E-state index in [1.54, 1.807) is 0 Å². The summed E-state index contributed by atoms with van der Waals surface area (Å²) in [6.45, 7) is -2.50. The van der Waals surface area contributed by atoms with Crippen molar-refractivity contribution in [2.45, 2.75) is 105 Å². The number of allylic oxidation sites excluding steroid dienone is 2. The van der Waals surface area contributed by atoms with Gasteiger partial charge < -0.3 is 109 Å². The molecule has 4 aliphatic heterocycles. The monoisotopic (exact) mass is 860 g/mol. The predicted molar refractivity (Wildman–Crippen MR) is 187 cm³/mol. The van der Waals surface area contributed by atoms with Crippen molar-refractivity contribution in [1.29, 1.82) is 0 Å². The molecule has 24 heteroatoms. The fourth-order valence-corrected chi connectivity index (χ4v) is 6.76. The highest BCUT2D eigenvalue weighted by Gasteiger charge is 2.52. The molecule has 3 fully saturated rings. The number of phenolic OH excluding ortho intramolecular Hbond substituents is 1. The summed E-state index contributed by atoms with van der Waals surface area (Å²) in [4.78, 5) is 23.2. The van der Waals surface area contributed by atoms with E-state index in [1.807, 2.05) is 0 Å². The Balaban J connectivity index is 1.33. The molecule has 4 heterocycles. The lowest BCUT2D eigenvalue weighted by Gasteiger charge is -2.46. The van der Waals surface area contributed by atoms with E-state index in [-0.39, 0.29) is 28.4 Å². The third-order valence-corrected chi connectivity index (χ3v) is 10.0. The number of benzene rings is 1. The molecule has 1 aliphatic carbocycles. The average molecular weight is 861 g/mol. The van der Waals surface area contributed by atoms with Crippen LogP contribution in [0.5, 0.6) is 11.5 Å². The second kappa shape index (κ2) is 18.5. The lowest BCUT2D eigenvalue weighted by molar-refractivity contribution is -0.356. The third-order valence-electron chi connectivity index (χ3n) is 10.0. The lowest BCUT2D eigenvalue weighted by Crippen LogP contribution is -2.64. The molecule has 0 spiro atoms. The number of aliphatic carboxylic acids is 1. The second-order valence-electron chi connectivity index (χ2n) is 14.1. The van der Waals surface area contributed by atoms with Gasteiger partial charge in [0.2, 0.25) is 12.6 Å². The zero-order chi connectivity index (χ0) is 43.7. The summed E-state index contributed by atoms with van der Waals surface area (Å²) in [6, 6.07) is 3.48. The number of aliphatic hydroxyl groups is 12. The largest absolute Gasteiger partial charge is 0.508 e. The Kier molecular flexibility index (Phi) is 13.9. The van der Waals surface area contributed by atoms with Crippen molar-refractivity contribution in [3.63, 3.8) is 0 Å². The minimum absolute atomic E-state index is 0.0167. The number of carboxylic acids is 1. The van der Waals surface area contributed by atoms with E-state index >= 15 is 0 Å². The number of phenols is 1. The molecule has 24 nitrogen and oxygen atoms in total. The third kappa shape index (κ3) is 9.31. The minimum Gasteiger partial charge on any atom is -0.508 e. The number of carbonyl (C=O) groups is 2. The van der Waals surface area contributed by atoms with Gasteiger partial charge in [-0.05, 0) is 24.3 Å². The van der Waals surface area contributed by atoms with E-state index in [4.69, 9.17) is 43.0 Å². The van der Waals surface area contributed by atoms with Gasteiger partial charge in [0, 0.05) is 23.3 Å². The van der Waals surface area contributed by atoms with Crippen LogP contribution in [0.15, 0.2) is 59.3 Å². The fraction of sp³-hybridized carbons (Fsp3) is 0.556. The molecule has 1 aromatic carbocycles. The van der Waals surface area contributed by atoms with Crippen LogP contribution in [0.3, 0.4) is 0 Å². The van der Waals surface area contributed by atoms with Crippen molar-refractivity contribution in [3.05, 3.63) is 64.8 Å². The van der Waals surface area contributed by atoms with E-state index in [0.717, 1.165) is 18.2 Å². The van der Waals surface area contributed by atoms with Crippen LogP contribution in [-0.4, -0.2) is 201 Å². The van der Waals surface area contributed by atoms with Crippen molar-refractivity contribution >= 4 is 17.7 Å². The molecule has 0 bridgehead atoms. The highest BCUT2D eigenvalue weighted by atomic mass is 16.7. The number of carbonyl (C=O) groups excluding carboxylic acids is 1. The van der Waals surface area contributed by atoms with Gasteiger partial charge in [-0.1, -0.05) is 0 Å². The van der Waals surface area contributed by atoms with Crippen LogP contribution >= 0.6 is 0 Å². The Bertz CT molecular complexity index is 1860. The minimum atomic E-state index is -2.11. The first-order chi connectivity index (χ1) is 28.4. The van der Waals surface area contributed by atoms with Gasteiger partial charge in [0.05, 0.1) is 13.2 Å². The van der Waals surface area contributed by atoms with Crippen LogP contribution in [0.4, 0.5) is 0 Å². The smallest absolute Gasteiger partial charge is 0.317 e. The van der Waals surface area contributed by atoms with E-state index < -0.39 is 154 Å². The molecular weight excluding hydrogens is 816 g/mol. The van der Waals surface area contributed by atoms with E-state index in [0.29, 0.717) is 0 Å². The van der Waals surface area contributed by atoms with Crippen molar-refractivity contribution in [2.24, 2.45) is 0 Å². The zero-order valence-corrected chi connectivity index (χ0v) is 30.9. The molecule has 6 rings (SSSR count). The number of aliphatic hydroxyl groups excluding tert-OH is 12. The summed E-state index contributed by atoms with van der Waals surface area (Å²) in [5.41, 5.74) is -0.0450. The number of rotatable bonds is 13. The fourth-order valence-electron chi connectivity index (χ4n) is 6.76. The SMILES string of the molecule is O=C(O)CC(=O)OCC1OC(OC2=C(c3ccc(OC4OC(CO)C(O)C(O)C4O)c(O)c3)OC3C=C(O)C=C(O)C3=C2)C(O)C(OC2OC(CO)C(O)C(O)C2O)C1O. The average Bonchev–Trinajstić information content (AvgIpc) is 3.20. The first-order valence-electron chi connectivity index (χ1n) is 18.2. The van der Waals surface area contributed by atoms with Gasteiger partial charge in [-0.3, -0.25) is 9.59 Å². The summed E-state index contributed by atoms with van der Waals surface area (Å²) in [7, 11) is 0. The van der Waals surface area contributed by atoms with Crippen LogP contribution in [0.25, 0.3) is 5.76 Å². The first-order valence-corrected chi connectivity index (χ1v) is 18.2. The molecule has 16 atom stereocenters. The van der Waals surface area contributed by atoms with Gasteiger partial charge in [0.25, 0.3) is 0 Å². The molecule has 3 saturated heterocycles. The predicted octanol–water partition coefficient (Wildman–Crippen LogP) is -4.87. The summed E-state index contributed by atoms with van der Waals surface area (Å²) in [5, 5.41) is 145. The number of fused-ring (bicyclic) bond motifs is 1. The Morgan fingerprint density at radius 3 is 1.90 bits per heavy atom. The van der Waals surface area contributed by atoms with E-state index in [1.165, 1.54) is 18.2 Å². The maximum absolute atomic E-state index is 12.1. The number of hydrogen-bond donors (Lipinski definition) is 14. The Labute approximate surface area is 337 Å². The summed E-state index contributed by atoms with van der Waals surface area (Å²) in [5.74, 6) is -5.37. The lowest BCUT2D eigenvalue weighted by atomic mass is 9.96. The molecule has 0 radical (unpaired) electrons. The van der Waals surface area contributed by atoms with Crippen molar-refractivity contribution in [3.8, 4) is 11.5 Å². The van der Waals surface area contributed by atoms with Crippen LogP contribution in [0.2, 0.25) is 0 Å². The quantitative estimate of drug-likeness (QED) is 0.0653. The van der Waals surface area contributed by atoms with Crippen LogP contribution in [-0.2, 0) is 42.7 Å². The van der Waals surface area contributed by atoms with E-state index in [9.17, 15) is 76.0 Å². The molecular formula is C36H44O24. The molecule has 1 aromatic rings. The molecule has 14 N–H and O–H groups in total. The van der Waals surface area contributed by atoms with Gasteiger partial charge in [-0.2, -0.15) is 0 Å².